The third-order valence-electron chi connectivity index (χ3n) is 3.09. The van der Waals surface area contributed by atoms with Crippen molar-refractivity contribution < 1.29 is 22.3 Å². The second-order valence-electron chi connectivity index (χ2n) is 4.83. The van der Waals surface area contributed by atoms with E-state index in [4.69, 9.17) is 0 Å². The van der Waals surface area contributed by atoms with E-state index in [2.05, 4.69) is 30.6 Å². The Bertz CT molecular complexity index is 860. The van der Waals surface area contributed by atoms with Crippen molar-refractivity contribution in [1.29, 1.82) is 0 Å². The number of fused-ring (bicyclic) bond motifs is 1. The van der Waals surface area contributed by atoms with E-state index < -0.39 is 6.36 Å². The van der Waals surface area contributed by atoms with Crippen LogP contribution in [0.3, 0.4) is 0 Å². The summed E-state index contributed by atoms with van der Waals surface area (Å²) in [6.07, 6.45) is -4.38. The van der Waals surface area contributed by atoms with E-state index in [-0.39, 0.29) is 16.0 Å². The van der Waals surface area contributed by atoms with Crippen molar-refractivity contribution >= 4 is 27.0 Å². The third-order valence-corrected chi connectivity index (χ3v) is 3.71. The van der Waals surface area contributed by atoms with Gasteiger partial charge in [-0.2, -0.15) is 0 Å². The van der Waals surface area contributed by atoms with Crippen LogP contribution in [-0.4, -0.2) is 16.3 Å². The molecule has 0 aliphatic rings. The number of aromatic amines is 1. The Morgan fingerprint density at radius 3 is 2.61 bits per heavy atom. The van der Waals surface area contributed by atoms with E-state index in [9.17, 15) is 17.6 Å². The van der Waals surface area contributed by atoms with E-state index >= 15 is 0 Å². The molecule has 3 nitrogen and oxygen atoms in total. The van der Waals surface area contributed by atoms with Gasteiger partial charge in [-0.3, -0.25) is 0 Å². The van der Waals surface area contributed by atoms with Crippen LogP contribution in [0.2, 0.25) is 0 Å². The zero-order valence-corrected chi connectivity index (χ0v) is 13.0. The van der Waals surface area contributed by atoms with Gasteiger partial charge in [0.1, 0.15) is 17.4 Å². The van der Waals surface area contributed by atoms with Gasteiger partial charge in [0.25, 0.3) is 0 Å². The first kappa shape index (κ1) is 15.8. The van der Waals surface area contributed by atoms with Gasteiger partial charge in [0.2, 0.25) is 0 Å². The maximum Gasteiger partial charge on any atom is 0.573 e. The highest BCUT2D eigenvalue weighted by molar-refractivity contribution is 9.10. The fourth-order valence-corrected chi connectivity index (χ4v) is 2.68. The molecule has 0 amide bonds. The molecule has 0 saturated heterocycles. The lowest BCUT2D eigenvalue weighted by Crippen LogP contribution is -2.17. The molecule has 0 aliphatic heterocycles. The minimum atomic E-state index is -4.74. The number of H-pyrrole nitrogens is 1. The molecule has 2 aromatic carbocycles. The molecule has 23 heavy (non-hydrogen) atoms. The molecule has 0 spiro atoms. The van der Waals surface area contributed by atoms with Gasteiger partial charge in [0.05, 0.1) is 15.5 Å². The summed E-state index contributed by atoms with van der Waals surface area (Å²) in [6.45, 7) is 0. The fourth-order valence-electron chi connectivity index (χ4n) is 2.17. The predicted molar refractivity (Wildman–Crippen MR) is 79.7 cm³/mol. The summed E-state index contributed by atoms with van der Waals surface area (Å²) in [5.41, 5.74) is 1.92. The van der Waals surface area contributed by atoms with E-state index in [1.165, 1.54) is 30.3 Å². The van der Waals surface area contributed by atoms with Crippen molar-refractivity contribution in [2.75, 3.05) is 0 Å². The highest BCUT2D eigenvalue weighted by Gasteiger charge is 2.31. The standard InChI is InChI=1S/C15H9BrF4N2O/c16-10-5-8(1-4-13(10)23-15(18,19)20)6-14-21-11-3-2-9(17)7-12(11)22-14/h1-5,7H,6H2,(H,21,22). The first-order valence-electron chi connectivity index (χ1n) is 6.48. The highest BCUT2D eigenvalue weighted by atomic mass is 79.9. The lowest BCUT2D eigenvalue weighted by molar-refractivity contribution is -0.274. The first-order chi connectivity index (χ1) is 10.8. The summed E-state index contributed by atoms with van der Waals surface area (Å²) in [4.78, 5) is 7.29. The van der Waals surface area contributed by atoms with Crippen LogP contribution in [0.15, 0.2) is 40.9 Å². The van der Waals surface area contributed by atoms with Crippen LogP contribution in [0.25, 0.3) is 11.0 Å². The number of rotatable bonds is 3. The Kier molecular flexibility index (Phi) is 4.01. The van der Waals surface area contributed by atoms with Crippen molar-refractivity contribution in [3.05, 3.63) is 58.1 Å². The van der Waals surface area contributed by atoms with Crippen LogP contribution in [-0.2, 0) is 6.42 Å². The number of benzene rings is 2. The highest BCUT2D eigenvalue weighted by Crippen LogP contribution is 2.31. The third kappa shape index (κ3) is 3.82. The Morgan fingerprint density at radius 1 is 1.13 bits per heavy atom. The van der Waals surface area contributed by atoms with Gasteiger partial charge in [-0.05, 0) is 51.8 Å². The molecular formula is C15H9BrF4N2O. The molecule has 1 heterocycles. The number of nitrogens with zero attached hydrogens (tertiary/aromatic N) is 1. The molecule has 1 aromatic heterocycles. The molecule has 0 bridgehead atoms. The maximum atomic E-state index is 13.1. The summed E-state index contributed by atoms with van der Waals surface area (Å²) < 4.78 is 53.9. The minimum absolute atomic E-state index is 0.189. The zero-order chi connectivity index (χ0) is 16.6. The van der Waals surface area contributed by atoms with Gasteiger partial charge >= 0.3 is 6.36 Å². The van der Waals surface area contributed by atoms with Crippen LogP contribution >= 0.6 is 15.9 Å². The summed E-state index contributed by atoms with van der Waals surface area (Å²) in [5.74, 6) is -0.0981. The van der Waals surface area contributed by atoms with Gasteiger partial charge < -0.3 is 9.72 Å². The molecule has 120 valence electrons. The van der Waals surface area contributed by atoms with Crippen LogP contribution < -0.4 is 4.74 Å². The summed E-state index contributed by atoms with van der Waals surface area (Å²) in [5, 5.41) is 0. The molecule has 0 radical (unpaired) electrons. The van der Waals surface area contributed by atoms with Crippen molar-refractivity contribution in [3.8, 4) is 5.75 Å². The summed E-state index contributed by atoms with van der Waals surface area (Å²) in [6, 6.07) is 8.47. The molecule has 3 aromatic rings. The molecule has 0 saturated carbocycles. The van der Waals surface area contributed by atoms with Crippen molar-refractivity contribution in [3.63, 3.8) is 0 Å². The second kappa shape index (κ2) is 5.84. The van der Waals surface area contributed by atoms with E-state index in [0.29, 0.717) is 23.3 Å². The summed E-state index contributed by atoms with van der Waals surface area (Å²) in [7, 11) is 0. The lowest BCUT2D eigenvalue weighted by Gasteiger charge is -2.11. The van der Waals surface area contributed by atoms with Gasteiger partial charge in [0, 0.05) is 6.42 Å². The lowest BCUT2D eigenvalue weighted by atomic mass is 10.1. The molecule has 0 unspecified atom stereocenters. The van der Waals surface area contributed by atoms with Crippen molar-refractivity contribution in [2.45, 2.75) is 12.8 Å². The number of ether oxygens (including phenoxy) is 1. The second-order valence-corrected chi connectivity index (χ2v) is 5.69. The van der Waals surface area contributed by atoms with E-state index in [0.717, 1.165) is 5.56 Å². The molecular weight excluding hydrogens is 380 g/mol. The number of nitrogens with one attached hydrogen (secondary N) is 1. The fraction of sp³-hybridized carbons (Fsp3) is 0.133. The largest absolute Gasteiger partial charge is 0.573 e. The first-order valence-corrected chi connectivity index (χ1v) is 7.28. The zero-order valence-electron chi connectivity index (χ0n) is 11.4. The predicted octanol–water partition coefficient (Wildman–Crippen LogP) is 4.95. The molecule has 0 atom stereocenters. The smallest absolute Gasteiger partial charge is 0.405 e. The number of hydrogen-bond acceptors (Lipinski definition) is 2. The average molecular weight is 389 g/mol. The van der Waals surface area contributed by atoms with Gasteiger partial charge in [-0.1, -0.05) is 6.07 Å². The number of halogens is 5. The Labute approximate surface area is 136 Å². The van der Waals surface area contributed by atoms with Crippen LogP contribution in [0.5, 0.6) is 5.75 Å². The molecule has 1 N–H and O–H groups in total. The number of hydrogen-bond donors (Lipinski definition) is 1. The van der Waals surface area contributed by atoms with Gasteiger partial charge in [0.15, 0.2) is 0 Å². The maximum absolute atomic E-state index is 13.1. The Hall–Kier alpha value is -2.09. The minimum Gasteiger partial charge on any atom is -0.405 e. The van der Waals surface area contributed by atoms with Crippen LogP contribution in [0, 0.1) is 5.82 Å². The van der Waals surface area contributed by atoms with Crippen molar-refractivity contribution in [2.24, 2.45) is 0 Å². The normalized spacial score (nSPS) is 11.9. The van der Waals surface area contributed by atoms with Crippen LogP contribution in [0.1, 0.15) is 11.4 Å². The number of aromatic nitrogens is 2. The Morgan fingerprint density at radius 2 is 1.91 bits per heavy atom. The monoisotopic (exact) mass is 388 g/mol. The number of alkyl halides is 3. The molecule has 3 rings (SSSR count). The average Bonchev–Trinajstić information content (AvgIpc) is 2.82. The Balaban J connectivity index is 1.83. The van der Waals surface area contributed by atoms with E-state index in [1.807, 2.05) is 0 Å². The number of imidazole rings is 1. The van der Waals surface area contributed by atoms with Gasteiger partial charge in [-0.15, -0.1) is 13.2 Å². The van der Waals surface area contributed by atoms with Crippen molar-refractivity contribution in [1.82, 2.24) is 9.97 Å². The topological polar surface area (TPSA) is 37.9 Å². The molecule has 0 aliphatic carbocycles. The molecule has 0 fully saturated rings. The SMILES string of the molecule is Fc1ccc2nc(Cc3ccc(OC(F)(F)F)c(Br)c3)[nH]c2c1. The van der Waals surface area contributed by atoms with Gasteiger partial charge in [-0.25, -0.2) is 9.37 Å². The summed E-state index contributed by atoms with van der Waals surface area (Å²) >= 11 is 3.05. The van der Waals surface area contributed by atoms with Crippen LogP contribution in [0.4, 0.5) is 17.6 Å². The quantitative estimate of drug-likeness (QED) is 0.644. The molecule has 8 heteroatoms. The van der Waals surface area contributed by atoms with E-state index in [1.54, 1.807) is 6.07 Å².